The first-order chi connectivity index (χ1) is 9.00. The monoisotopic (exact) mass is 296 g/mol. The Labute approximate surface area is 117 Å². The Morgan fingerprint density at radius 1 is 1.32 bits per heavy atom. The molecule has 1 unspecified atom stereocenters. The number of rotatable bonds is 5. The van der Waals surface area contributed by atoms with Crippen molar-refractivity contribution in [3.05, 3.63) is 46.4 Å². The number of hydrogen-bond acceptors (Lipinski definition) is 5. The number of likely N-dealkylation sites (N-methyl/N-ethyl adjacent to an activating group) is 1. The molecule has 0 amide bonds. The van der Waals surface area contributed by atoms with Crippen LogP contribution in [0.15, 0.2) is 40.7 Å². The highest BCUT2D eigenvalue weighted by molar-refractivity contribution is 7.90. The van der Waals surface area contributed by atoms with Crippen LogP contribution in [0.25, 0.3) is 0 Å². The van der Waals surface area contributed by atoms with E-state index in [1.807, 2.05) is 24.6 Å². The largest absolute Gasteiger partial charge is 0.313 e. The van der Waals surface area contributed by atoms with Gasteiger partial charge in [-0.15, -0.1) is 11.3 Å². The van der Waals surface area contributed by atoms with E-state index in [2.05, 4.69) is 10.3 Å². The minimum Gasteiger partial charge on any atom is -0.313 e. The molecule has 6 heteroatoms. The maximum absolute atomic E-state index is 11.4. The van der Waals surface area contributed by atoms with Gasteiger partial charge in [-0.3, -0.25) is 0 Å². The first kappa shape index (κ1) is 14.2. The molecule has 1 aromatic heterocycles. The van der Waals surface area contributed by atoms with Crippen molar-refractivity contribution in [3.8, 4) is 0 Å². The van der Waals surface area contributed by atoms with Crippen molar-refractivity contribution in [1.29, 1.82) is 0 Å². The highest BCUT2D eigenvalue weighted by Crippen LogP contribution is 2.21. The molecule has 0 aliphatic heterocycles. The predicted octanol–water partition coefficient (Wildman–Crippen LogP) is 2.05. The van der Waals surface area contributed by atoms with E-state index in [4.69, 9.17) is 0 Å². The van der Waals surface area contributed by atoms with Crippen LogP contribution < -0.4 is 5.32 Å². The van der Waals surface area contributed by atoms with Crippen LogP contribution in [0.4, 0.5) is 0 Å². The van der Waals surface area contributed by atoms with E-state index in [1.54, 1.807) is 29.7 Å². The molecule has 1 atom stereocenters. The average Bonchev–Trinajstić information content (AvgIpc) is 2.88. The summed E-state index contributed by atoms with van der Waals surface area (Å²) in [6, 6.07) is 7.14. The fraction of sp³-hybridized carbons (Fsp3) is 0.308. The van der Waals surface area contributed by atoms with Gasteiger partial charge in [0.05, 0.1) is 9.90 Å². The second-order valence-electron chi connectivity index (χ2n) is 4.31. The van der Waals surface area contributed by atoms with E-state index in [0.717, 1.165) is 17.0 Å². The first-order valence-corrected chi connectivity index (χ1v) is 8.63. The van der Waals surface area contributed by atoms with Crippen LogP contribution in [0.1, 0.15) is 16.6 Å². The van der Waals surface area contributed by atoms with Crippen LogP contribution in [-0.2, 0) is 16.3 Å². The van der Waals surface area contributed by atoms with Gasteiger partial charge >= 0.3 is 0 Å². The Bertz CT molecular complexity index is 619. The Hall–Kier alpha value is -1.24. The number of thiazole rings is 1. The second-order valence-corrected chi connectivity index (χ2v) is 7.31. The summed E-state index contributed by atoms with van der Waals surface area (Å²) in [4.78, 5) is 4.62. The fourth-order valence-electron chi connectivity index (χ4n) is 1.86. The van der Waals surface area contributed by atoms with Crippen LogP contribution in [0.3, 0.4) is 0 Å². The van der Waals surface area contributed by atoms with Crippen LogP contribution >= 0.6 is 11.3 Å². The quantitative estimate of drug-likeness (QED) is 0.917. The summed E-state index contributed by atoms with van der Waals surface area (Å²) >= 11 is 1.62. The van der Waals surface area contributed by atoms with Gasteiger partial charge in [-0.1, -0.05) is 12.1 Å². The Morgan fingerprint density at radius 2 is 2.00 bits per heavy atom. The van der Waals surface area contributed by atoms with E-state index in [0.29, 0.717) is 4.90 Å². The lowest BCUT2D eigenvalue weighted by Crippen LogP contribution is -2.18. The number of sulfone groups is 1. The van der Waals surface area contributed by atoms with Gasteiger partial charge in [0.25, 0.3) is 0 Å². The smallest absolute Gasteiger partial charge is 0.175 e. The molecule has 1 heterocycles. The summed E-state index contributed by atoms with van der Waals surface area (Å²) in [6.45, 7) is 0. The SMILES string of the molecule is CNC(Cc1nccs1)c1ccc(S(C)(=O)=O)cc1. The molecule has 0 aliphatic carbocycles. The molecule has 2 aromatic rings. The molecule has 0 saturated carbocycles. The maximum Gasteiger partial charge on any atom is 0.175 e. The van der Waals surface area contributed by atoms with Crippen molar-refractivity contribution in [1.82, 2.24) is 10.3 Å². The lowest BCUT2D eigenvalue weighted by Gasteiger charge is -2.15. The first-order valence-electron chi connectivity index (χ1n) is 5.86. The van der Waals surface area contributed by atoms with Crippen molar-refractivity contribution in [2.45, 2.75) is 17.4 Å². The minimum absolute atomic E-state index is 0.139. The Kier molecular flexibility index (Phi) is 4.34. The molecule has 0 radical (unpaired) electrons. The highest BCUT2D eigenvalue weighted by atomic mass is 32.2. The zero-order valence-electron chi connectivity index (χ0n) is 10.8. The van der Waals surface area contributed by atoms with Crippen LogP contribution in [0, 0.1) is 0 Å². The second kappa shape index (κ2) is 5.81. The van der Waals surface area contributed by atoms with E-state index in [9.17, 15) is 8.42 Å². The Balaban J connectivity index is 2.20. The third kappa shape index (κ3) is 3.62. The molecular weight excluding hydrogens is 280 g/mol. The number of aromatic nitrogens is 1. The zero-order valence-corrected chi connectivity index (χ0v) is 12.5. The molecule has 0 spiro atoms. The van der Waals surface area contributed by atoms with Gasteiger partial charge in [0.15, 0.2) is 9.84 Å². The van der Waals surface area contributed by atoms with E-state index in [-0.39, 0.29) is 6.04 Å². The van der Waals surface area contributed by atoms with Crippen molar-refractivity contribution < 1.29 is 8.42 Å². The molecule has 4 nitrogen and oxygen atoms in total. The summed E-state index contributed by atoms with van der Waals surface area (Å²) in [5.74, 6) is 0. The van der Waals surface area contributed by atoms with Crippen LogP contribution in [0.5, 0.6) is 0 Å². The summed E-state index contributed by atoms with van der Waals surface area (Å²) < 4.78 is 22.8. The van der Waals surface area contributed by atoms with Crippen molar-refractivity contribution in [2.24, 2.45) is 0 Å². The molecule has 2 rings (SSSR count). The van der Waals surface area contributed by atoms with Gasteiger partial charge < -0.3 is 5.32 Å². The van der Waals surface area contributed by atoms with E-state index in [1.165, 1.54) is 6.26 Å². The third-order valence-corrected chi connectivity index (χ3v) is 4.85. The summed E-state index contributed by atoms with van der Waals surface area (Å²) in [5.41, 5.74) is 1.06. The number of nitrogens with zero attached hydrogens (tertiary/aromatic N) is 1. The molecule has 1 N–H and O–H groups in total. The summed E-state index contributed by atoms with van der Waals surface area (Å²) in [5, 5.41) is 6.25. The predicted molar refractivity (Wildman–Crippen MR) is 77.2 cm³/mol. The molecule has 102 valence electrons. The van der Waals surface area contributed by atoms with Crippen LogP contribution in [-0.4, -0.2) is 26.7 Å². The maximum atomic E-state index is 11.4. The minimum atomic E-state index is -3.13. The molecule has 0 aliphatic rings. The lowest BCUT2D eigenvalue weighted by molar-refractivity contribution is 0.588. The van der Waals surface area contributed by atoms with Crippen molar-refractivity contribution in [3.63, 3.8) is 0 Å². The molecule has 19 heavy (non-hydrogen) atoms. The standard InChI is InChI=1S/C13H16N2O2S2/c1-14-12(9-13-15-7-8-18-13)10-3-5-11(6-4-10)19(2,16)17/h3-8,12,14H,9H2,1-2H3. The van der Waals surface area contributed by atoms with Crippen molar-refractivity contribution in [2.75, 3.05) is 13.3 Å². The lowest BCUT2D eigenvalue weighted by atomic mass is 10.0. The van der Waals surface area contributed by atoms with E-state index >= 15 is 0 Å². The molecule has 0 fully saturated rings. The third-order valence-electron chi connectivity index (χ3n) is 2.92. The van der Waals surface area contributed by atoms with Crippen molar-refractivity contribution >= 4 is 21.2 Å². The van der Waals surface area contributed by atoms with Gasteiger partial charge in [-0.05, 0) is 24.7 Å². The number of hydrogen-bond donors (Lipinski definition) is 1. The summed E-state index contributed by atoms with van der Waals surface area (Å²) in [6.07, 6.45) is 3.80. The normalized spacial score (nSPS) is 13.4. The molecule has 0 saturated heterocycles. The van der Waals surface area contributed by atoms with E-state index < -0.39 is 9.84 Å². The van der Waals surface area contributed by atoms with Gasteiger partial charge in [0.2, 0.25) is 0 Å². The fourth-order valence-corrected chi connectivity index (χ4v) is 3.16. The summed E-state index contributed by atoms with van der Waals surface area (Å²) in [7, 11) is -1.24. The van der Waals surface area contributed by atoms with Gasteiger partial charge in [0, 0.05) is 30.3 Å². The van der Waals surface area contributed by atoms with Crippen LogP contribution in [0.2, 0.25) is 0 Å². The highest BCUT2D eigenvalue weighted by Gasteiger charge is 2.13. The molecule has 1 aromatic carbocycles. The van der Waals surface area contributed by atoms with Gasteiger partial charge in [-0.2, -0.15) is 0 Å². The Morgan fingerprint density at radius 3 is 2.47 bits per heavy atom. The topological polar surface area (TPSA) is 59.1 Å². The van der Waals surface area contributed by atoms with Gasteiger partial charge in [-0.25, -0.2) is 13.4 Å². The average molecular weight is 296 g/mol. The number of benzene rings is 1. The molecular formula is C13H16N2O2S2. The van der Waals surface area contributed by atoms with Gasteiger partial charge in [0.1, 0.15) is 0 Å². The zero-order chi connectivity index (χ0) is 13.9. The number of nitrogens with one attached hydrogen (secondary N) is 1. The molecule has 0 bridgehead atoms.